The SMILES string of the molecule is CCOc1cncc(N2CCC[C@@H]2[C@@H]2COCC[C@@H]2O)n1. The van der Waals surface area contributed by atoms with Crippen molar-refractivity contribution in [3.8, 4) is 5.88 Å². The van der Waals surface area contributed by atoms with Crippen LogP contribution in [-0.2, 0) is 4.74 Å². The first-order valence-corrected chi connectivity index (χ1v) is 7.77. The highest BCUT2D eigenvalue weighted by Gasteiger charge is 2.38. The van der Waals surface area contributed by atoms with Crippen LogP contribution < -0.4 is 9.64 Å². The Hall–Kier alpha value is -1.40. The summed E-state index contributed by atoms with van der Waals surface area (Å²) < 4.78 is 11.0. The minimum atomic E-state index is -0.285. The maximum Gasteiger partial charge on any atom is 0.234 e. The zero-order valence-corrected chi connectivity index (χ0v) is 12.4. The van der Waals surface area contributed by atoms with Gasteiger partial charge in [0.1, 0.15) is 0 Å². The fourth-order valence-electron chi connectivity index (χ4n) is 3.33. The van der Waals surface area contributed by atoms with E-state index in [4.69, 9.17) is 9.47 Å². The molecule has 0 bridgehead atoms. The summed E-state index contributed by atoms with van der Waals surface area (Å²) in [4.78, 5) is 11.0. The second kappa shape index (κ2) is 6.58. The van der Waals surface area contributed by atoms with E-state index in [0.29, 0.717) is 25.7 Å². The fraction of sp³-hybridized carbons (Fsp3) is 0.733. The number of hydrogen-bond donors (Lipinski definition) is 1. The first-order valence-electron chi connectivity index (χ1n) is 7.77. The van der Waals surface area contributed by atoms with Crippen LogP contribution in [0, 0.1) is 5.92 Å². The third-order valence-corrected chi connectivity index (χ3v) is 4.34. The number of anilines is 1. The van der Waals surface area contributed by atoms with Gasteiger partial charge in [0.05, 0.1) is 31.7 Å². The van der Waals surface area contributed by atoms with Gasteiger partial charge in [-0.3, -0.25) is 4.98 Å². The highest BCUT2D eigenvalue weighted by molar-refractivity contribution is 5.40. The summed E-state index contributed by atoms with van der Waals surface area (Å²) in [7, 11) is 0. The van der Waals surface area contributed by atoms with Crippen molar-refractivity contribution in [2.45, 2.75) is 38.3 Å². The zero-order chi connectivity index (χ0) is 14.7. The number of nitrogens with zero attached hydrogens (tertiary/aromatic N) is 3. The van der Waals surface area contributed by atoms with E-state index in [2.05, 4.69) is 14.9 Å². The maximum atomic E-state index is 10.3. The molecule has 3 heterocycles. The second-order valence-electron chi connectivity index (χ2n) is 5.65. The van der Waals surface area contributed by atoms with Crippen molar-refractivity contribution >= 4 is 5.82 Å². The molecule has 0 aromatic carbocycles. The summed E-state index contributed by atoms with van der Waals surface area (Å²) in [6.45, 7) is 4.74. The predicted molar refractivity (Wildman–Crippen MR) is 78.5 cm³/mol. The molecule has 3 atom stereocenters. The number of ether oxygens (including phenoxy) is 2. The van der Waals surface area contributed by atoms with Gasteiger partial charge >= 0.3 is 0 Å². The Balaban J connectivity index is 1.78. The first kappa shape index (κ1) is 14.5. The monoisotopic (exact) mass is 293 g/mol. The number of aliphatic hydroxyl groups excluding tert-OH is 1. The lowest BCUT2D eigenvalue weighted by Crippen LogP contribution is -2.46. The Morgan fingerprint density at radius 1 is 1.43 bits per heavy atom. The summed E-state index contributed by atoms with van der Waals surface area (Å²) in [5.41, 5.74) is 0. The summed E-state index contributed by atoms with van der Waals surface area (Å²) in [6.07, 6.45) is 6.01. The van der Waals surface area contributed by atoms with E-state index in [-0.39, 0.29) is 18.1 Å². The number of rotatable bonds is 4. The summed E-state index contributed by atoms with van der Waals surface area (Å²) in [5.74, 6) is 1.54. The van der Waals surface area contributed by atoms with Crippen LogP contribution in [0.4, 0.5) is 5.82 Å². The molecular formula is C15H23N3O3. The molecule has 2 fully saturated rings. The van der Waals surface area contributed by atoms with Crippen LogP contribution in [0.5, 0.6) is 5.88 Å². The molecule has 2 aliphatic heterocycles. The standard InChI is InChI=1S/C15H23N3O3/c1-2-21-15-9-16-8-14(17-15)18-6-3-4-12(18)11-10-20-7-5-13(11)19/h8-9,11-13,19H,2-7,10H2,1H3/t11-,12+,13-/m0/s1. The van der Waals surface area contributed by atoms with Crippen LogP contribution >= 0.6 is 0 Å². The first-order chi connectivity index (χ1) is 10.3. The molecule has 3 rings (SSSR count). The lowest BCUT2D eigenvalue weighted by molar-refractivity contribution is -0.0438. The van der Waals surface area contributed by atoms with Gasteiger partial charge in [0.2, 0.25) is 5.88 Å². The Bertz CT molecular complexity index is 471. The molecule has 2 aliphatic rings. The zero-order valence-electron chi connectivity index (χ0n) is 12.4. The Morgan fingerprint density at radius 2 is 2.33 bits per heavy atom. The van der Waals surface area contributed by atoms with Crippen LogP contribution in [0.3, 0.4) is 0 Å². The van der Waals surface area contributed by atoms with Crippen LogP contribution in [0.2, 0.25) is 0 Å². The molecule has 1 aromatic rings. The highest BCUT2D eigenvalue weighted by Crippen LogP contribution is 2.32. The molecule has 0 amide bonds. The van der Waals surface area contributed by atoms with Crippen molar-refractivity contribution in [2.24, 2.45) is 5.92 Å². The quantitative estimate of drug-likeness (QED) is 0.901. The van der Waals surface area contributed by atoms with Crippen molar-refractivity contribution in [1.82, 2.24) is 9.97 Å². The lowest BCUT2D eigenvalue weighted by atomic mass is 9.89. The van der Waals surface area contributed by atoms with Gasteiger partial charge in [-0.25, -0.2) is 0 Å². The van der Waals surface area contributed by atoms with Crippen molar-refractivity contribution in [2.75, 3.05) is 31.3 Å². The molecule has 6 heteroatoms. The third kappa shape index (κ3) is 3.11. The number of hydrogen-bond acceptors (Lipinski definition) is 6. The number of aliphatic hydroxyl groups is 1. The van der Waals surface area contributed by atoms with Crippen LogP contribution in [0.15, 0.2) is 12.4 Å². The molecule has 0 radical (unpaired) electrons. The van der Waals surface area contributed by atoms with E-state index in [1.54, 1.807) is 12.4 Å². The summed E-state index contributed by atoms with van der Waals surface area (Å²) in [5, 5.41) is 10.3. The summed E-state index contributed by atoms with van der Waals surface area (Å²) >= 11 is 0. The van der Waals surface area contributed by atoms with Gasteiger partial charge in [0.25, 0.3) is 0 Å². The van der Waals surface area contributed by atoms with E-state index in [9.17, 15) is 5.11 Å². The molecule has 1 aromatic heterocycles. The molecule has 2 saturated heterocycles. The molecular weight excluding hydrogens is 270 g/mol. The number of aromatic nitrogens is 2. The minimum absolute atomic E-state index is 0.152. The van der Waals surface area contributed by atoms with Gasteiger partial charge in [0, 0.05) is 25.1 Å². The fourth-order valence-corrected chi connectivity index (χ4v) is 3.33. The largest absolute Gasteiger partial charge is 0.477 e. The minimum Gasteiger partial charge on any atom is -0.477 e. The molecule has 0 aliphatic carbocycles. The van der Waals surface area contributed by atoms with Gasteiger partial charge < -0.3 is 19.5 Å². The van der Waals surface area contributed by atoms with E-state index >= 15 is 0 Å². The van der Waals surface area contributed by atoms with Gasteiger partial charge in [0.15, 0.2) is 5.82 Å². The molecule has 21 heavy (non-hydrogen) atoms. The van der Waals surface area contributed by atoms with Crippen molar-refractivity contribution in [3.63, 3.8) is 0 Å². The van der Waals surface area contributed by atoms with Gasteiger partial charge in [-0.15, -0.1) is 0 Å². The van der Waals surface area contributed by atoms with E-state index < -0.39 is 0 Å². The van der Waals surface area contributed by atoms with Crippen molar-refractivity contribution in [3.05, 3.63) is 12.4 Å². The third-order valence-electron chi connectivity index (χ3n) is 4.34. The normalized spacial score (nSPS) is 29.6. The molecule has 116 valence electrons. The van der Waals surface area contributed by atoms with Crippen LogP contribution in [0.1, 0.15) is 26.2 Å². The predicted octanol–water partition coefficient (Wildman–Crippen LogP) is 1.24. The Kier molecular flexibility index (Phi) is 4.55. The van der Waals surface area contributed by atoms with E-state index in [1.807, 2.05) is 6.92 Å². The molecule has 0 spiro atoms. The molecule has 0 unspecified atom stereocenters. The average Bonchev–Trinajstić information content (AvgIpc) is 2.98. The molecule has 0 saturated carbocycles. The van der Waals surface area contributed by atoms with Gasteiger partial charge in [-0.2, -0.15) is 4.98 Å². The van der Waals surface area contributed by atoms with Crippen molar-refractivity contribution < 1.29 is 14.6 Å². The molecule has 1 N–H and O–H groups in total. The maximum absolute atomic E-state index is 10.3. The highest BCUT2D eigenvalue weighted by atomic mass is 16.5. The lowest BCUT2D eigenvalue weighted by Gasteiger charge is -2.37. The van der Waals surface area contributed by atoms with Crippen molar-refractivity contribution in [1.29, 1.82) is 0 Å². The second-order valence-corrected chi connectivity index (χ2v) is 5.65. The Morgan fingerprint density at radius 3 is 3.14 bits per heavy atom. The van der Waals surface area contributed by atoms with E-state index in [1.165, 1.54) is 0 Å². The Labute approximate surface area is 125 Å². The molecule has 6 nitrogen and oxygen atoms in total. The van der Waals surface area contributed by atoms with Crippen LogP contribution in [-0.4, -0.2) is 53.6 Å². The summed E-state index contributed by atoms with van der Waals surface area (Å²) in [6, 6.07) is 0.270. The van der Waals surface area contributed by atoms with Crippen LogP contribution in [0.25, 0.3) is 0 Å². The smallest absolute Gasteiger partial charge is 0.234 e. The van der Waals surface area contributed by atoms with Gasteiger partial charge in [-0.05, 0) is 26.2 Å². The topological polar surface area (TPSA) is 67.7 Å². The van der Waals surface area contributed by atoms with E-state index in [0.717, 1.165) is 31.6 Å². The average molecular weight is 293 g/mol. The van der Waals surface area contributed by atoms with Gasteiger partial charge in [-0.1, -0.05) is 0 Å².